The van der Waals surface area contributed by atoms with Crippen LogP contribution in [0.25, 0.3) is 0 Å². The van der Waals surface area contributed by atoms with Crippen molar-refractivity contribution in [3.05, 3.63) is 24.3 Å². The molecule has 132 valence electrons. The normalized spacial score (nSPS) is 21.5. The molecule has 5 nitrogen and oxygen atoms in total. The van der Waals surface area contributed by atoms with Crippen molar-refractivity contribution in [3.8, 4) is 0 Å². The Labute approximate surface area is 144 Å². The van der Waals surface area contributed by atoms with Gasteiger partial charge in [0.1, 0.15) is 12.6 Å². The van der Waals surface area contributed by atoms with Crippen LogP contribution in [0.15, 0.2) is 24.3 Å². The van der Waals surface area contributed by atoms with Crippen LogP contribution >= 0.6 is 0 Å². The average Bonchev–Trinajstić information content (AvgIpc) is 2.96. The van der Waals surface area contributed by atoms with E-state index in [9.17, 15) is 4.79 Å². The highest BCUT2D eigenvalue weighted by molar-refractivity contribution is 5.91. The molecule has 2 aliphatic heterocycles. The molecule has 0 saturated carbocycles. The van der Waals surface area contributed by atoms with Crippen LogP contribution in [0.5, 0.6) is 0 Å². The fourth-order valence-electron chi connectivity index (χ4n) is 3.53. The first kappa shape index (κ1) is 17.2. The Morgan fingerprint density at radius 2 is 1.88 bits per heavy atom. The number of benzene rings is 1. The fourth-order valence-corrected chi connectivity index (χ4v) is 3.53. The Balaban J connectivity index is 1.42. The third-order valence-electron chi connectivity index (χ3n) is 4.91. The van der Waals surface area contributed by atoms with Gasteiger partial charge in [0.2, 0.25) is 0 Å². The van der Waals surface area contributed by atoms with E-state index >= 15 is 0 Å². The number of carbonyl (C=O) groups excluding carboxylic acids is 1. The number of carbonyl (C=O) groups is 1. The molecule has 0 spiro atoms. The van der Waals surface area contributed by atoms with Crippen molar-refractivity contribution in [2.75, 3.05) is 43.0 Å². The summed E-state index contributed by atoms with van der Waals surface area (Å²) in [7, 11) is 0. The maximum Gasteiger partial charge on any atom is 0.279 e. The molecule has 24 heavy (non-hydrogen) atoms. The summed E-state index contributed by atoms with van der Waals surface area (Å²) in [6.07, 6.45) is 7.83. The Bertz CT molecular complexity index is 504. The summed E-state index contributed by atoms with van der Waals surface area (Å²) in [6.45, 7) is 4.48. The first-order valence-corrected chi connectivity index (χ1v) is 9.39. The van der Waals surface area contributed by atoms with Gasteiger partial charge in [-0.05, 0) is 49.9 Å². The van der Waals surface area contributed by atoms with Gasteiger partial charge in [-0.25, -0.2) is 0 Å². The molecular formula is C19H30N3O2+. The van der Waals surface area contributed by atoms with Gasteiger partial charge in [-0.15, -0.1) is 0 Å². The zero-order valence-electron chi connectivity index (χ0n) is 14.5. The van der Waals surface area contributed by atoms with Gasteiger partial charge in [0, 0.05) is 31.1 Å². The van der Waals surface area contributed by atoms with Gasteiger partial charge in [0.15, 0.2) is 6.54 Å². The smallest absolute Gasteiger partial charge is 0.279 e. The number of amides is 1. The Kier molecular flexibility index (Phi) is 6.49. The van der Waals surface area contributed by atoms with E-state index in [-0.39, 0.29) is 5.91 Å². The topological polar surface area (TPSA) is 58.2 Å². The lowest BCUT2D eigenvalue weighted by atomic mass is 10.2. The Morgan fingerprint density at radius 1 is 1.12 bits per heavy atom. The van der Waals surface area contributed by atoms with Gasteiger partial charge < -0.3 is 20.3 Å². The van der Waals surface area contributed by atoms with Crippen molar-refractivity contribution in [2.45, 2.75) is 44.6 Å². The second kappa shape index (κ2) is 9.04. The molecule has 2 saturated heterocycles. The summed E-state index contributed by atoms with van der Waals surface area (Å²) in [5.74, 6) is 0.0514. The third kappa shape index (κ3) is 5.21. The molecule has 1 amide bonds. The van der Waals surface area contributed by atoms with Crippen LogP contribution in [0.2, 0.25) is 0 Å². The lowest BCUT2D eigenvalue weighted by Gasteiger charge is -2.22. The summed E-state index contributed by atoms with van der Waals surface area (Å²) >= 11 is 0. The minimum Gasteiger partial charge on any atom is -0.372 e. The molecule has 1 atom stereocenters. The first-order chi connectivity index (χ1) is 11.8. The molecule has 1 aromatic carbocycles. The van der Waals surface area contributed by atoms with Crippen LogP contribution in [0.1, 0.15) is 38.5 Å². The molecule has 0 radical (unpaired) electrons. The molecule has 0 bridgehead atoms. The maximum absolute atomic E-state index is 12.0. The van der Waals surface area contributed by atoms with Gasteiger partial charge in [-0.1, -0.05) is 12.8 Å². The van der Waals surface area contributed by atoms with E-state index in [1.165, 1.54) is 31.4 Å². The predicted octanol–water partition coefficient (Wildman–Crippen LogP) is 1.75. The van der Waals surface area contributed by atoms with Crippen LogP contribution in [0, 0.1) is 0 Å². The van der Waals surface area contributed by atoms with Gasteiger partial charge >= 0.3 is 0 Å². The van der Waals surface area contributed by atoms with Crippen molar-refractivity contribution in [1.29, 1.82) is 0 Å². The molecule has 3 N–H and O–H groups in total. The van der Waals surface area contributed by atoms with Gasteiger partial charge in [0.05, 0.1) is 0 Å². The highest BCUT2D eigenvalue weighted by Crippen LogP contribution is 2.21. The minimum atomic E-state index is 0.0514. The van der Waals surface area contributed by atoms with E-state index < -0.39 is 0 Å². The van der Waals surface area contributed by atoms with E-state index in [1.807, 2.05) is 17.4 Å². The van der Waals surface area contributed by atoms with E-state index in [2.05, 4.69) is 22.3 Å². The average molecular weight is 332 g/mol. The lowest BCUT2D eigenvalue weighted by Crippen LogP contribution is -2.88. The molecular weight excluding hydrogens is 302 g/mol. The number of nitrogens with zero attached hydrogens (tertiary/aromatic N) is 1. The van der Waals surface area contributed by atoms with Crippen molar-refractivity contribution < 1.29 is 14.8 Å². The van der Waals surface area contributed by atoms with Crippen molar-refractivity contribution in [1.82, 2.24) is 0 Å². The maximum atomic E-state index is 12.0. The second-order valence-electron chi connectivity index (χ2n) is 6.86. The number of nitrogens with one attached hydrogen (secondary N) is 1. The molecule has 0 aromatic heterocycles. The zero-order valence-corrected chi connectivity index (χ0v) is 14.5. The van der Waals surface area contributed by atoms with Gasteiger partial charge in [-0.3, -0.25) is 4.79 Å². The molecule has 0 aliphatic carbocycles. The number of anilines is 2. The second-order valence-corrected chi connectivity index (χ2v) is 6.86. The van der Waals surface area contributed by atoms with E-state index in [1.54, 1.807) is 0 Å². The predicted molar refractivity (Wildman–Crippen MR) is 96.4 cm³/mol. The van der Waals surface area contributed by atoms with Crippen molar-refractivity contribution >= 4 is 17.3 Å². The summed E-state index contributed by atoms with van der Waals surface area (Å²) in [4.78, 5) is 14.5. The van der Waals surface area contributed by atoms with Crippen LogP contribution in [0.4, 0.5) is 11.4 Å². The number of hydrogen-bond donors (Lipinski definition) is 2. The number of nitrogens with two attached hydrogens (primary N) is 1. The molecule has 5 heteroatoms. The summed E-state index contributed by atoms with van der Waals surface area (Å²) < 4.78 is 5.57. The van der Waals surface area contributed by atoms with Crippen LogP contribution in [-0.4, -0.2) is 44.8 Å². The number of hydrogen-bond acceptors (Lipinski definition) is 3. The standard InChI is InChI=1S/C19H29N3O2/c23-19(15-20-14-18-6-5-13-24-18)21-16-7-9-17(10-8-16)22-11-3-1-2-4-12-22/h7-10,18,20H,1-6,11-15H2,(H,21,23)/p+1/t18-/m0/s1. The number of ether oxygens (including phenoxy) is 1. The molecule has 0 unspecified atom stereocenters. The zero-order chi connectivity index (χ0) is 16.6. The van der Waals surface area contributed by atoms with Crippen LogP contribution in [0.3, 0.4) is 0 Å². The highest BCUT2D eigenvalue weighted by Gasteiger charge is 2.17. The van der Waals surface area contributed by atoms with Gasteiger partial charge in [-0.2, -0.15) is 0 Å². The monoisotopic (exact) mass is 332 g/mol. The molecule has 1 aromatic rings. The highest BCUT2D eigenvalue weighted by atomic mass is 16.5. The van der Waals surface area contributed by atoms with E-state index in [4.69, 9.17) is 4.74 Å². The minimum absolute atomic E-state index is 0.0514. The van der Waals surface area contributed by atoms with E-state index in [0.29, 0.717) is 12.6 Å². The van der Waals surface area contributed by atoms with Gasteiger partial charge in [0.25, 0.3) is 5.91 Å². The summed E-state index contributed by atoms with van der Waals surface area (Å²) in [6, 6.07) is 8.27. The molecule has 2 heterocycles. The SMILES string of the molecule is O=C(C[NH2+]C[C@@H]1CCCO1)Nc1ccc(N2CCCCCC2)cc1. The van der Waals surface area contributed by atoms with Crippen LogP contribution < -0.4 is 15.5 Å². The first-order valence-electron chi connectivity index (χ1n) is 9.39. The van der Waals surface area contributed by atoms with Crippen molar-refractivity contribution in [3.63, 3.8) is 0 Å². The summed E-state index contributed by atoms with van der Waals surface area (Å²) in [5, 5.41) is 5.02. The van der Waals surface area contributed by atoms with E-state index in [0.717, 1.165) is 44.8 Å². The Morgan fingerprint density at radius 3 is 2.54 bits per heavy atom. The Hall–Kier alpha value is -1.59. The molecule has 3 rings (SSSR count). The molecule has 2 aliphatic rings. The number of rotatable bonds is 6. The van der Waals surface area contributed by atoms with Crippen LogP contribution in [-0.2, 0) is 9.53 Å². The largest absolute Gasteiger partial charge is 0.372 e. The quantitative estimate of drug-likeness (QED) is 0.834. The molecule has 2 fully saturated rings. The summed E-state index contributed by atoms with van der Waals surface area (Å²) in [5.41, 5.74) is 2.14. The fraction of sp³-hybridized carbons (Fsp3) is 0.632. The number of quaternary nitrogens is 1. The lowest BCUT2D eigenvalue weighted by molar-refractivity contribution is -0.649. The third-order valence-corrected chi connectivity index (χ3v) is 4.91. The van der Waals surface area contributed by atoms with Crippen molar-refractivity contribution in [2.24, 2.45) is 0 Å².